The molecule has 1 saturated carbocycles. The van der Waals surface area contributed by atoms with Gasteiger partial charge in [-0.2, -0.15) is 0 Å². The van der Waals surface area contributed by atoms with E-state index in [1.165, 1.54) is 0 Å². The van der Waals surface area contributed by atoms with Gasteiger partial charge in [-0.05, 0) is 31.0 Å². The van der Waals surface area contributed by atoms with Crippen LogP contribution in [0.2, 0.25) is 5.02 Å². The summed E-state index contributed by atoms with van der Waals surface area (Å²) in [4.78, 5) is 12.2. The van der Waals surface area contributed by atoms with Gasteiger partial charge in [0.15, 0.2) is 0 Å². The fourth-order valence-corrected chi connectivity index (χ4v) is 2.65. The zero-order valence-corrected chi connectivity index (χ0v) is 12.4. The number of benzene rings is 1. The third-order valence-electron chi connectivity index (χ3n) is 3.58. The molecular weight excluding hydrogens is 290 g/mol. The van der Waals surface area contributed by atoms with Crippen molar-refractivity contribution in [1.82, 2.24) is 5.32 Å². The van der Waals surface area contributed by atoms with Gasteiger partial charge >= 0.3 is 0 Å². The molecular formula is C16H18ClNO3. The van der Waals surface area contributed by atoms with Crippen LogP contribution in [0.1, 0.15) is 41.6 Å². The zero-order chi connectivity index (χ0) is 15.2. The first-order valence-corrected chi connectivity index (χ1v) is 7.38. The first kappa shape index (κ1) is 15.8. The quantitative estimate of drug-likeness (QED) is 0.729. The monoisotopic (exact) mass is 307 g/mol. The molecule has 1 aliphatic rings. The molecule has 0 spiro atoms. The Morgan fingerprint density at radius 3 is 2.81 bits per heavy atom. The number of halogens is 1. The molecule has 1 aromatic rings. The molecule has 1 aromatic carbocycles. The van der Waals surface area contributed by atoms with E-state index < -0.39 is 6.10 Å². The average molecular weight is 308 g/mol. The largest absolute Gasteiger partial charge is 0.391 e. The molecule has 1 amide bonds. The van der Waals surface area contributed by atoms with Gasteiger partial charge in [-0.3, -0.25) is 4.79 Å². The van der Waals surface area contributed by atoms with Crippen molar-refractivity contribution in [2.24, 2.45) is 0 Å². The molecule has 0 heterocycles. The van der Waals surface area contributed by atoms with Gasteiger partial charge in [0.1, 0.15) is 6.61 Å². The molecule has 21 heavy (non-hydrogen) atoms. The van der Waals surface area contributed by atoms with Crippen LogP contribution in [-0.2, 0) is 0 Å². The number of rotatable bonds is 2. The maximum atomic E-state index is 12.2. The third kappa shape index (κ3) is 4.21. The number of aliphatic hydroxyl groups excluding tert-OH is 2. The third-order valence-corrected chi connectivity index (χ3v) is 3.89. The van der Waals surface area contributed by atoms with E-state index in [1.807, 2.05) is 0 Å². The Kier molecular flexibility index (Phi) is 5.63. The summed E-state index contributed by atoms with van der Waals surface area (Å²) < 4.78 is 0. The molecule has 0 bridgehead atoms. The summed E-state index contributed by atoms with van der Waals surface area (Å²) in [5, 5.41) is 21.8. The highest BCUT2D eigenvalue weighted by Crippen LogP contribution is 2.20. The van der Waals surface area contributed by atoms with Crippen molar-refractivity contribution < 1.29 is 15.0 Å². The fourth-order valence-electron chi connectivity index (χ4n) is 2.42. The predicted octanol–water partition coefficient (Wildman–Crippen LogP) is 1.72. The Labute approximate surface area is 129 Å². The van der Waals surface area contributed by atoms with Crippen molar-refractivity contribution in [1.29, 1.82) is 0 Å². The lowest BCUT2D eigenvalue weighted by Crippen LogP contribution is -2.45. The van der Waals surface area contributed by atoms with Crippen molar-refractivity contribution >= 4 is 17.5 Å². The highest BCUT2D eigenvalue weighted by molar-refractivity contribution is 6.32. The van der Waals surface area contributed by atoms with Crippen LogP contribution in [0.25, 0.3) is 0 Å². The van der Waals surface area contributed by atoms with Crippen molar-refractivity contribution in [3.8, 4) is 11.8 Å². The number of amides is 1. The van der Waals surface area contributed by atoms with E-state index >= 15 is 0 Å². The van der Waals surface area contributed by atoms with E-state index in [4.69, 9.17) is 16.7 Å². The van der Waals surface area contributed by atoms with Crippen molar-refractivity contribution in [3.05, 3.63) is 34.3 Å². The summed E-state index contributed by atoms with van der Waals surface area (Å²) in [7, 11) is 0. The zero-order valence-electron chi connectivity index (χ0n) is 11.6. The number of carbonyl (C=O) groups excluding carboxylic acids is 1. The first-order valence-electron chi connectivity index (χ1n) is 7.00. The van der Waals surface area contributed by atoms with Crippen molar-refractivity contribution in [3.63, 3.8) is 0 Å². The van der Waals surface area contributed by atoms with Crippen LogP contribution >= 0.6 is 11.6 Å². The van der Waals surface area contributed by atoms with Crippen LogP contribution in [0, 0.1) is 11.8 Å². The van der Waals surface area contributed by atoms with E-state index in [2.05, 4.69) is 17.2 Å². The van der Waals surface area contributed by atoms with Gasteiger partial charge in [-0.1, -0.05) is 36.3 Å². The highest BCUT2D eigenvalue weighted by Gasteiger charge is 2.24. The lowest BCUT2D eigenvalue weighted by Gasteiger charge is -2.28. The second-order valence-electron chi connectivity index (χ2n) is 5.09. The first-order chi connectivity index (χ1) is 10.1. The summed E-state index contributed by atoms with van der Waals surface area (Å²) >= 11 is 6.07. The Bertz CT molecular complexity index is 577. The van der Waals surface area contributed by atoms with Crippen LogP contribution in [0.15, 0.2) is 18.2 Å². The summed E-state index contributed by atoms with van der Waals surface area (Å²) in [5.74, 6) is 4.98. The minimum Gasteiger partial charge on any atom is -0.391 e. The molecule has 3 N–H and O–H groups in total. The van der Waals surface area contributed by atoms with Gasteiger partial charge in [0.25, 0.3) is 5.91 Å². The number of aliphatic hydroxyl groups is 2. The van der Waals surface area contributed by atoms with Crippen molar-refractivity contribution in [2.75, 3.05) is 6.61 Å². The second kappa shape index (κ2) is 7.46. The number of hydrogen-bond donors (Lipinski definition) is 3. The van der Waals surface area contributed by atoms with Gasteiger partial charge in [0, 0.05) is 11.1 Å². The summed E-state index contributed by atoms with van der Waals surface area (Å²) in [6.45, 7) is -0.238. The van der Waals surface area contributed by atoms with Gasteiger partial charge < -0.3 is 15.5 Å². The van der Waals surface area contributed by atoms with Crippen LogP contribution in [0.5, 0.6) is 0 Å². The second-order valence-corrected chi connectivity index (χ2v) is 5.49. The average Bonchev–Trinajstić information content (AvgIpc) is 2.48. The van der Waals surface area contributed by atoms with Crippen molar-refractivity contribution in [2.45, 2.75) is 37.8 Å². The smallest absolute Gasteiger partial charge is 0.251 e. The minimum atomic E-state index is -0.479. The van der Waals surface area contributed by atoms with Gasteiger partial charge in [0.2, 0.25) is 0 Å². The topological polar surface area (TPSA) is 69.6 Å². The summed E-state index contributed by atoms with van der Waals surface area (Å²) in [6.07, 6.45) is 3.05. The Morgan fingerprint density at radius 2 is 2.14 bits per heavy atom. The van der Waals surface area contributed by atoms with Gasteiger partial charge in [0.05, 0.1) is 17.2 Å². The Morgan fingerprint density at radius 1 is 1.38 bits per heavy atom. The van der Waals surface area contributed by atoms with Gasteiger partial charge in [-0.15, -0.1) is 0 Å². The van der Waals surface area contributed by atoms with Gasteiger partial charge in [-0.25, -0.2) is 0 Å². The highest BCUT2D eigenvalue weighted by atomic mass is 35.5. The maximum absolute atomic E-state index is 12.2. The van der Waals surface area contributed by atoms with E-state index in [9.17, 15) is 9.90 Å². The molecule has 5 heteroatoms. The molecule has 2 unspecified atom stereocenters. The van der Waals surface area contributed by atoms with E-state index in [1.54, 1.807) is 18.2 Å². The van der Waals surface area contributed by atoms with Crippen LogP contribution < -0.4 is 5.32 Å². The molecule has 1 fully saturated rings. The minimum absolute atomic E-state index is 0.195. The Hall–Kier alpha value is -1.54. The standard InChI is InChI=1S/C16H18ClNO3/c17-13-10-12(8-7-11(13)4-3-9-19)16(21)18-14-5-1-2-6-15(14)20/h7-8,10,14-15,19-20H,1-2,5-6,9H2,(H,18,21). The molecule has 0 radical (unpaired) electrons. The summed E-state index contributed by atoms with van der Waals surface area (Å²) in [6, 6.07) is 4.64. The normalized spacial score (nSPS) is 21.3. The predicted molar refractivity (Wildman–Crippen MR) is 81.1 cm³/mol. The lowest BCUT2D eigenvalue weighted by molar-refractivity contribution is 0.0717. The van der Waals surface area contributed by atoms with E-state index in [-0.39, 0.29) is 18.6 Å². The SMILES string of the molecule is O=C(NC1CCCCC1O)c1ccc(C#CCO)c(Cl)c1. The Balaban J connectivity index is 2.07. The lowest BCUT2D eigenvalue weighted by atomic mass is 9.92. The number of carbonyl (C=O) groups is 1. The number of nitrogens with one attached hydrogen (secondary N) is 1. The summed E-state index contributed by atoms with van der Waals surface area (Å²) in [5.41, 5.74) is 1.01. The molecule has 4 nitrogen and oxygen atoms in total. The molecule has 0 saturated heterocycles. The molecule has 2 rings (SSSR count). The maximum Gasteiger partial charge on any atom is 0.251 e. The number of hydrogen-bond acceptors (Lipinski definition) is 3. The van der Waals surface area contributed by atoms with E-state index in [0.717, 1.165) is 25.7 Å². The fraction of sp³-hybridized carbons (Fsp3) is 0.438. The van der Waals surface area contributed by atoms with Crippen LogP contribution in [-0.4, -0.2) is 34.9 Å². The molecule has 0 aromatic heterocycles. The molecule has 0 aliphatic heterocycles. The molecule has 112 valence electrons. The molecule has 2 atom stereocenters. The van der Waals surface area contributed by atoms with Crippen LogP contribution in [0.3, 0.4) is 0 Å². The van der Waals surface area contributed by atoms with Crippen LogP contribution in [0.4, 0.5) is 0 Å². The van der Waals surface area contributed by atoms with E-state index in [0.29, 0.717) is 16.1 Å². The molecule has 1 aliphatic carbocycles.